The fourth-order valence-corrected chi connectivity index (χ4v) is 7.19. The topological polar surface area (TPSA) is 66.0 Å². The molecule has 1 atom stereocenters. The van der Waals surface area contributed by atoms with E-state index in [4.69, 9.17) is 4.74 Å². The Kier molecular flexibility index (Phi) is 8.14. The molecule has 4 aliphatic rings. The van der Waals surface area contributed by atoms with Crippen LogP contribution in [0.25, 0.3) is 0 Å². The van der Waals surface area contributed by atoms with Crippen LogP contribution >= 0.6 is 0 Å². The van der Waals surface area contributed by atoms with E-state index in [1.807, 2.05) is 17.0 Å². The Morgan fingerprint density at radius 2 is 1.83 bits per heavy atom. The van der Waals surface area contributed by atoms with E-state index < -0.39 is 0 Å². The molecule has 1 aliphatic carbocycles. The molecule has 1 unspecified atom stereocenters. The molecule has 7 heteroatoms. The summed E-state index contributed by atoms with van der Waals surface area (Å²) in [5, 5.41) is 0. The lowest BCUT2D eigenvalue weighted by molar-refractivity contribution is -0.0385. The second-order valence-electron chi connectivity index (χ2n) is 11.5. The summed E-state index contributed by atoms with van der Waals surface area (Å²) in [5.74, 6) is 0.735. The van der Waals surface area contributed by atoms with Gasteiger partial charge in [-0.25, -0.2) is 4.79 Å². The van der Waals surface area contributed by atoms with Gasteiger partial charge in [-0.15, -0.1) is 0 Å². The first-order valence-electron chi connectivity index (χ1n) is 14.5. The highest BCUT2D eigenvalue weighted by Gasteiger charge is 2.55. The standard InChI is InChI=1S/C29H44N4O3/c1-2-3-11-26-29(36-28(35)33(26)22-23-8-5-4-6-9-23)14-19-31(20-15-29)25-12-17-32(18-13-25)27(34)24-10-7-16-30-21-24/h7,10,16,21,23,25-26H,2-6,8-9,11-15,17-20,22H2,1H3. The number of likely N-dealkylation sites (tertiary alicyclic amines) is 2. The first kappa shape index (κ1) is 25.5. The summed E-state index contributed by atoms with van der Waals surface area (Å²) in [7, 11) is 0. The summed E-state index contributed by atoms with van der Waals surface area (Å²) in [6.45, 7) is 6.68. The van der Waals surface area contributed by atoms with Gasteiger partial charge in [0.05, 0.1) is 11.6 Å². The average molecular weight is 497 g/mol. The highest BCUT2D eigenvalue weighted by atomic mass is 16.6. The maximum absolute atomic E-state index is 13.1. The minimum atomic E-state index is -0.311. The molecule has 198 valence electrons. The van der Waals surface area contributed by atoms with Gasteiger partial charge in [0, 0.05) is 64.0 Å². The van der Waals surface area contributed by atoms with Gasteiger partial charge < -0.3 is 14.5 Å². The summed E-state index contributed by atoms with van der Waals surface area (Å²) >= 11 is 0. The third kappa shape index (κ3) is 5.41. The van der Waals surface area contributed by atoms with Crippen molar-refractivity contribution in [3.05, 3.63) is 30.1 Å². The number of hydrogen-bond donors (Lipinski definition) is 0. The number of nitrogens with zero attached hydrogens (tertiary/aromatic N) is 4. The zero-order valence-electron chi connectivity index (χ0n) is 22.1. The van der Waals surface area contributed by atoms with Crippen molar-refractivity contribution in [2.45, 2.75) is 102 Å². The third-order valence-electron chi connectivity index (χ3n) is 9.34. The van der Waals surface area contributed by atoms with Crippen LogP contribution in [0.1, 0.15) is 94.3 Å². The van der Waals surface area contributed by atoms with Crippen molar-refractivity contribution in [2.75, 3.05) is 32.7 Å². The minimum Gasteiger partial charge on any atom is -0.440 e. The number of rotatable bonds is 7. The van der Waals surface area contributed by atoms with Crippen LogP contribution < -0.4 is 0 Å². The zero-order chi connectivity index (χ0) is 25.0. The number of pyridine rings is 1. The predicted octanol–water partition coefficient (Wildman–Crippen LogP) is 5.11. The van der Waals surface area contributed by atoms with Crippen LogP contribution in [-0.4, -0.2) is 82.1 Å². The lowest BCUT2D eigenvalue weighted by Gasteiger charge is -2.46. The Hall–Kier alpha value is -2.15. The average Bonchev–Trinajstić information content (AvgIpc) is 3.18. The largest absolute Gasteiger partial charge is 0.440 e. The Bertz CT molecular complexity index is 872. The van der Waals surface area contributed by atoms with Crippen molar-refractivity contribution in [3.63, 3.8) is 0 Å². The van der Waals surface area contributed by atoms with E-state index in [-0.39, 0.29) is 23.6 Å². The van der Waals surface area contributed by atoms with Gasteiger partial charge in [0.25, 0.3) is 5.91 Å². The number of carbonyl (C=O) groups is 2. The van der Waals surface area contributed by atoms with E-state index in [0.717, 1.165) is 77.7 Å². The van der Waals surface area contributed by atoms with Crippen LogP contribution in [0.5, 0.6) is 0 Å². The van der Waals surface area contributed by atoms with Crippen LogP contribution in [0.3, 0.4) is 0 Å². The summed E-state index contributed by atoms with van der Waals surface area (Å²) in [4.78, 5) is 36.8. The first-order chi connectivity index (χ1) is 17.6. The monoisotopic (exact) mass is 496 g/mol. The predicted molar refractivity (Wildman–Crippen MR) is 140 cm³/mol. The molecule has 1 saturated carbocycles. The van der Waals surface area contributed by atoms with E-state index >= 15 is 0 Å². The van der Waals surface area contributed by atoms with Crippen molar-refractivity contribution >= 4 is 12.0 Å². The fourth-order valence-electron chi connectivity index (χ4n) is 7.19. The summed E-state index contributed by atoms with van der Waals surface area (Å²) < 4.78 is 6.29. The first-order valence-corrected chi connectivity index (χ1v) is 14.5. The van der Waals surface area contributed by atoms with Crippen molar-refractivity contribution in [1.82, 2.24) is 19.7 Å². The quantitative estimate of drug-likeness (QED) is 0.525. The van der Waals surface area contributed by atoms with Gasteiger partial charge in [0.2, 0.25) is 0 Å². The molecule has 0 bridgehead atoms. The molecule has 2 amide bonds. The highest BCUT2D eigenvalue weighted by molar-refractivity contribution is 5.93. The number of aromatic nitrogens is 1. The number of piperidine rings is 2. The minimum absolute atomic E-state index is 0.0580. The molecule has 1 aromatic heterocycles. The molecule has 4 fully saturated rings. The van der Waals surface area contributed by atoms with Crippen LogP contribution in [-0.2, 0) is 4.74 Å². The molecular weight excluding hydrogens is 452 g/mol. The van der Waals surface area contributed by atoms with Gasteiger partial charge in [-0.1, -0.05) is 39.0 Å². The molecule has 4 heterocycles. The molecule has 3 aliphatic heterocycles. The molecule has 0 aromatic carbocycles. The lowest BCUT2D eigenvalue weighted by Crippen LogP contribution is -2.56. The second-order valence-corrected chi connectivity index (χ2v) is 11.5. The normalized spacial score (nSPS) is 25.9. The van der Waals surface area contributed by atoms with E-state index in [9.17, 15) is 9.59 Å². The van der Waals surface area contributed by atoms with Crippen LogP contribution in [0.2, 0.25) is 0 Å². The summed E-state index contributed by atoms with van der Waals surface area (Å²) in [6, 6.07) is 4.41. The number of hydrogen-bond acceptors (Lipinski definition) is 5. The third-order valence-corrected chi connectivity index (χ3v) is 9.34. The lowest BCUT2D eigenvalue weighted by atomic mass is 9.80. The van der Waals surface area contributed by atoms with Gasteiger partial charge in [0.15, 0.2) is 0 Å². The molecule has 1 spiro atoms. The molecule has 0 N–H and O–H groups in total. The number of unbranched alkanes of at least 4 members (excludes halogenated alkanes) is 1. The highest BCUT2D eigenvalue weighted by Crippen LogP contribution is 2.42. The van der Waals surface area contributed by atoms with E-state index in [2.05, 4.69) is 21.7 Å². The Balaban J connectivity index is 1.17. The second kappa shape index (κ2) is 11.5. The molecular formula is C29H44N4O3. The molecule has 36 heavy (non-hydrogen) atoms. The number of carbonyl (C=O) groups excluding carboxylic acids is 2. The molecule has 0 radical (unpaired) electrons. The maximum atomic E-state index is 13.1. The van der Waals surface area contributed by atoms with Crippen molar-refractivity contribution < 1.29 is 14.3 Å². The smallest absolute Gasteiger partial charge is 0.410 e. The van der Waals surface area contributed by atoms with Crippen molar-refractivity contribution in [1.29, 1.82) is 0 Å². The van der Waals surface area contributed by atoms with E-state index in [0.29, 0.717) is 17.5 Å². The zero-order valence-corrected chi connectivity index (χ0v) is 22.1. The molecule has 1 aromatic rings. The van der Waals surface area contributed by atoms with Gasteiger partial charge in [-0.3, -0.25) is 14.7 Å². The van der Waals surface area contributed by atoms with Crippen LogP contribution in [0.4, 0.5) is 4.79 Å². The van der Waals surface area contributed by atoms with Crippen LogP contribution in [0.15, 0.2) is 24.5 Å². The van der Waals surface area contributed by atoms with Gasteiger partial charge in [-0.05, 0) is 50.2 Å². The Morgan fingerprint density at radius 1 is 1.08 bits per heavy atom. The van der Waals surface area contributed by atoms with Crippen LogP contribution in [0, 0.1) is 5.92 Å². The fraction of sp³-hybridized carbons (Fsp3) is 0.759. The Morgan fingerprint density at radius 3 is 2.50 bits per heavy atom. The van der Waals surface area contributed by atoms with Gasteiger partial charge >= 0.3 is 6.09 Å². The SMILES string of the molecule is CCCCC1N(CC2CCCCC2)C(=O)OC12CCN(C1CCN(C(=O)c3cccnc3)CC1)CC2. The molecule has 3 saturated heterocycles. The molecule has 7 nitrogen and oxygen atoms in total. The van der Waals surface area contributed by atoms with Crippen molar-refractivity contribution in [2.24, 2.45) is 5.92 Å². The summed E-state index contributed by atoms with van der Waals surface area (Å²) in [6.07, 6.45) is 17.0. The van der Waals surface area contributed by atoms with Gasteiger partial charge in [-0.2, -0.15) is 0 Å². The molecule has 5 rings (SSSR count). The number of amides is 2. The van der Waals surface area contributed by atoms with Crippen molar-refractivity contribution in [3.8, 4) is 0 Å². The Labute approximate surface area is 216 Å². The maximum Gasteiger partial charge on any atom is 0.410 e. The van der Waals surface area contributed by atoms with Gasteiger partial charge in [0.1, 0.15) is 5.60 Å². The van der Waals surface area contributed by atoms with E-state index in [1.165, 1.54) is 32.1 Å². The number of ether oxygens (including phenoxy) is 1. The van der Waals surface area contributed by atoms with E-state index in [1.54, 1.807) is 12.4 Å². The summed E-state index contributed by atoms with van der Waals surface area (Å²) in [5.41, 5.74) is 0.365.